The molecule has 5 rings (SSSR count). The van der Waals surface area contributed by atoms with E-state index in [1.807, 2.05) is 12.1 Å². The number of benzene rings is 1. The predicted octanol–water partition coefficient (Wildman–Crippen LogP) is 3.21. The molecule has 1 aromatic rings. The van der Waals surface area contributed by atoms with Crippen LogP contribution in [0.2, 0.25) is 0 Å². The summed E-state index contributed by atoms with van der Waals surface area (Å²) in [4.78, 5) is 0. The maximum Gasteiger partial charge on any atom is 0.123 e. The van der Waals surface area contributed by atoms with Crippen LogP contribution in [-0.2, 0) is 6.54 Å². The highest BCUT2D eigenvalue weighted by molar-refractivity contribution is 5.40. The summed E-state index contributed by atoms with van der Waals surface area (Å²) in [6.45, 7) is 2.85. The van der Waals surface area contributed by atoms with Crippen molar-refractivity contribution in [2.24, 2.45) is 23.7 Å². The van der Waals surface area contributed by atoms with Crippen molar-refractivity contribution in [3.8, 4) is 11.5 Å². The fourth-order valence-corrected chi connectivity index (χ4v) is 5.83. The van der Waals surface area contributed by atoms with E-state index in [2.05, 4.69) is 16.7 Å². The van der Waals surface area contributed by atoms with E-state index in [1.165, 1.54) is 32.1 Å². The van der Waals surface area contributed by atoms with Gasteiger partial charge in [0.2, 0.25) is 0 Å². The van der Waals surface area contributed by atoms with Crippen molar-refractivity contribution in [2.75, 3.05) is 27.3 Å². The van der Waals surface area contributed by atoms with Gasteiger partial charge in [0.15, 0.2) is 0 Å². The van der Waals surface area contributed by atoms with Crippen LogP contribution in [0.15, 0.2) is 18.2 Å². The molecule has 4 heteroatoms. The zero-order chi connectivity index (χ0) is 17.2. The van der Waals surface area contributed by atoms with Crippen LogP contribution in [0.4, 0.5) is 0 Å². The Hall–Kier alpha value is -1.26. The summed E-state index contributed by atoms with van der Waals surface area (Å²) in [5, 5.41) is 7.44. The number of methoxy groups -OCH3 is 2. The van der Waals surface area contributed by atoms with E-state index in [-0.39, 0.29) is 0 Å². The maximum atomic E-state index is 5.45. The van der Waals surface area contributed by atoms with Gasteiger partial charge in [-0.15, -0.1) is 0 Å². The molecule has 138 valence electrons. The van der Waals surface area contributed by atoms with Gasteiger partial charge in [-0.25, -0.2) is 0 Å². The molecule has 4 saturated carbocycles. The minimum absolute atomic E-state index is 0.779. The SMILES string of the molecule is COc1ccc(OC)c(CNCCNC2C3CC4CC(C3)CC2C4)c1. The molecule has 4 aliphatic rings. The van der Waals surface area contributed by atoms with Crippen LogP contribution in [0.1, 0.15) is 37.7 Å². The van der Waals surface area contributed by atoms with Crippen molar-refractivity contribution in [3.05, 3.63) is 23.8 Å². The molecule has 0 amide bonds. The van der Waals surface area contributed by atoms with Crippen molar-refractivity contribution in [1.29, 1.82) is 0 Å². The van der Waals surface area contributed by atoms with Gasteiger partial charge in [-0.1, -0.05) is 0 Å². The lowest BCUT2D eigenvalue weighted by atomic mass is 9.54. The smallest absolute Gasteiger partial charge is 0.123 e. The first kappa shape index (κ1) is 17.2. The summed E-state index contributed by atoms with van der Waals surface area (Å²) in [6, 6.07) is 6.75. The van der Waals surface area contributed by atoms with Gasteiger partial charge in [-0.3, -0.25) is 0 Å². The molecule has 0 aromatic heterocycles. The molecule has 1 aromatic carbocycles. The molecule has 4 nitrogen and oxygen atoms in total. The van der Waals surface area contributed by atoms with Gasteiger partial charge in [0, 0.05) is 31.2 Å². The number of rotatable bonds is 8. The van der Waals surface area contributed by atoms with Crippen molar-refractivity contribution in [1.82, 2.24) is 10.6 Å². The normalized spacial score (nSPS) is 32.8. The fraction of sp³-hybridized carbons (Fsp3) is 0.714. The Morgan fingerprint density at radius 2 is 1.64 bits per heavy atom. The number of ether oxygens (including phenoxy) is 2. The molecule has 4 fully saturated rings. The number of hydrogen-bond donors (Lipinski definition) is 2. The van der Waals surface area contributed by atoms with Crippen LogP contribution >= 0.6 is 0 Å². The standard InChI is InChI=1S/C21H32N2O2/c1-24-19-3-4-20(25-2)18(12-19)13-22-5-6-23-21-16-8-14-7-15(10-16)11-17(21)9-14/h3-4,12,14-17,21-23H,5-11,13H2,1-2H3. The molecule has 0 atom stereocenters. The molecular weight excluding hydrogens is 312 g/mol. The minimum Gasteiger partial charge on any atom is -0.497 e. The summed E-state index contributed by atoms with van der Waals surface area (Å²) in [6.07, 6.45) is 7.47. The van der Waals surface area contributed by atoms with Gasteiger partial charge in [-0.2, -0.15) is 0 Å². The Balaban J connectivity index is 1.23. The summed E-state index contributed by atoms with van der Waals surface area (Å²) < 4.78 is 10.8. The average molecular weight is 344 g/mol. The third kappa shape index (κ3) is 3.65. The zero-order valence-electron chi connectivity index (χ0n) is 15.6. The molecule has 0 radical (unpaired) electrons. The van der Waals surface area contributed by atoms with Gasteiger partial charge in [0.05, 0.1) is 14.2 Å². The van der Waals surface area contributed by atoms with Crippen LogP contribution in [0.25, 0.3) is 0 Å². The van der Waals surface area contributed by atoms with Gasteiger partial charge in [0.1, 0.15) is 11.5 Å². The second-order valence-corrected chi connectivity index (χ2v) is 8.27. The predicted molar refractivity (Wildman–Crippen MR) is 100 cm³/mol. The van der Waals surface area contributed by atoms with Crippen LogP contribution in [0.5, 0.6) is 11.5 Å². The molecule has 0 unspecified atom stereocenters. The van der Waals surface area contributed by atoms with Crippen molar-refractivity contribution >= 4 is 0 Å². The quantitative estimate of drug-likeness (QED) is 0.711. The molecule has 0 saturated heterocycles. The Morgan fingerprint density at radius 1 is 0.920 bits per heavy atom. The first-order chi connectivity index (χ1) is 12.3. The van der Waals surface area contributed by atoms with Crippen LogP contribution in [0, 0.1) is 23.7 Å². The number of hydrogen-bond acceptors (Lipinski definition) is 4. The molecule has 0 heterocycles. The van der Waals surface area contributed by atoms with Crippen LogP contribution in [0.3, 0.4) is 0 Å². The minimum atomic E-state index is 0.779. The molecule has 2 N–H and O–H groups in total. The monoisotopic (exact) mass is 344 g/mol. The summed E-state index contributed by atoms with van der Waals surface area (Å²) >= 11 is 0. The summed E-state index contributed by atoms with van der Waals surface area (Å²) in [5.41, 5.74) is 1.15. The topological polar surface area (TPSA) is 42.5 Å². The lowest BCUT2D eigenvalue weighted by molar-refractivity contribution is -0.0133. The average Bonchev–Trinajstić information content (AvgIpc) is 2.62. The van der Waals surface area contributed by atoms with Crippen molar-refractivity contribution in [3.63, 3.8) is 0 Å². The highest BCUT2D eigenvalue weighted by atomic mass is 16.5. The Labute approximate surface area is 151 Å². The highest BCUT2D eigenvalue weighted by Gasteiger charge is 2.47. The Bertz CT molecular complexity index is 561. The van der Waals surface area contributed by atoms with E-state index < -0.39 is 0 Å². The van der Waals surface area contributed by atoms with Crippen molar-refractivity contribution in [2.45, 2.75) is 44.7 Å². The summed E-state index contributed by atoms with van der Waals surface area (Å²) in [5.74, 6) is 5.81. The lowest BCUT2D eigenvalue weighted by Gasteiger charge is -2.54. The van der Waals surface area contributed by atoms with Gasteiger partial charge < -0.3 is 20.1 Å². The number of nitrogens with one attached hydrogen (secondary N) is 2. The third-order valence-corrected chi connectivity index (χ3v) is 6.71. The van der Waals surface area contributed by atoms with Gasteiger partial charge >= 0.3 is 0 Å². The van der Waals surface area contributed by atoms with E-state index in [0.717, 1.165) is 66.4 Å². The zero-order valence-corrected chi connectivity index (χ0v) is 15.6. The van der Waals surface area contributed by atoms with Gasteiger partial charge in [-0.05, 0) is 74.0 Å². The first-order valence-corrected chi connectivity index (χ1v) is 9.91. The molecule has 4 bridgehead atoms. The first-order valence-electron chi connectivity index (χ1n) is 9.91. The third-order valence-electron chi connectivity index (χ3n) is 6.71. The van der Waals surface area contributed by atoms with E-state index in [1.54, 1.807) is 14.2 Å². The van der Waals surface area contributed by atoms with Crippen LogP contribution in [-0.4, -0.2) is 33.4 Å². The van der Waals surface area contributed by atoms with Crippen LogP contribution < -0.4 is 20.1 Å². The second-order valence-electron chi connectivity index (χ2n) is 8.27. The molecule has 25 heavy (non-hydrogen) atoms. The van der Waals surface area contributed by atoms with E-state index >= 15 is 0 Å². The Kier molecular flexibility index (Phi) is 5.18. The fourth-order valence-electron chi connectivity index (χ4n) is 5.83. The second kappa shape index (κ2) is 7.55. The van der Waals surface area contributed by atoms with Gasteiger partial charge in [0.25, 0.3) is 0 Å². The lowest BCUT2D eigenvalue weighted by Crippen LogP contribution is -2.55. The molecule has 0 aliphatic heterocycles. The molecular formula is C21H32N2O2. The Morgan fingerprint density at radius 3 is 2.28 bits per heavy atom. The van der Waals surface area contributed by atoms with E-state index in [0.29, 0.717) is 0 Å². The van der Waals surface area contributed by atoms with E-state index in [4.69, 9.17) is 9.47 Å². The maximum absolute atomic E-state index is 5.45. The molecule has 0 spiro atoms. The largest absolute Gasteiger partial charge is 0.497 e. The highest BCUT2D eigenvalue weighted by Crippen LogP contribution is 2.53. The van der Waals surface area contributed by atoms with E-state index in [9.17, 15) is 0 Å². The molecule has 4 aliphatic carbocycles. The summed E-state index contributed by atoms with van der Waals surface area (Å²) in [7, 11) is 3.42. The van der Waals surface area contributed by atoms with Crippen molar-refractivity contribution < 1.29 is 9.47 Å².